The van der Waals surface area contributed by atoms with Crippen molar-refractivity contribution in [3.05, 3.63) is 68.4 Å². The van der Waals surface area contributed by atoms with Crippen LogP contribution in [0.3, 0.4) is 0 Å². The van der Waals surface area contributed by atoms with Crippen molar-refractivity contribution in [2.75, 3.05) is 0 Å². The van der Waals surface area contributed by atoms with Crippen molar-refractivity contribution in [1.82, 2.24) is 4.98 Å². The number of aromatic nitrogens is 1. The van der Waals surface area contributed by atoms with Gasteiger partial charge in [0.1, 0.15) is 5.82 Å². The topological polar surface area (TPSA) is 46.0 Å². The highest BCUT2D eigenvalue weighted by molar-refractivity contribution is 9.11. The van der Waals surface area contributed by atoms with E-state index in [1.165, 1.54) is 12.1 Å². The number of alkyl halides is 1. The largest absolute Gasteiger partial charge is 0.417 e. The molecule has 6 heteroatoms. The van der Waals surface area contributed by atoms with Crippen LogP contribution in [0.15, 0.2) is 50.1 Å². The van der Waals surface area contributed by atoms with Crippen LogP contribution in [0.2, 0.25) is 0 Å². The number of H-pyrrole nitrogens is 1. The number of hydrogen-bond donors (Lipinski definition) is 1. The minimum absolute atomic E-state index is 0.211. The van der Waals surface area contributed by atoms with Gasteiger partial charge in [-0.1, -0.05) is 37.9 Å². The van der Waals surface area contributed by atoms with Gasteiger partial charge >= 0.3 is 5.76 Å². The van der Waals surface area contributed by atoms with Crippen LogP contribution in [0.1, 0.15) is 16.0 Å². The van der Waals surface area contributed by atoms with Crippen LogP contribution in [-0.2, 0) is 0 Å². The lowest BCUT2D eigenvalue weighted by atomic mass is 10.0. The van der Waals surface area contributed by atoms with E-state index in [4.69, 9.17) is 4.42 Å². The Morgan fingerprint density at radius 1 is 1.20 bits per heavy atom. The number of rotatable bonds is 2. The molecule has 0 aliphatic rings. The SMILES string of the molecule is O=c1[nH]c2ccc(C(Br)c3cc(F)ccc3Br)cc2o1. The lowest BCUT2D eigenvalue weighted by Gasteiger charge is -2.12. The predicted octanol–water partition coefficient (Wildman–Crippen LogP) is 4.51. The summed E-state index contributed by atoms with van der Waals surface area (Å²) >= 11 is 6.95. The summed E-state index contributed by atoms with van der Waals surface area (Å²) in [7, 11) is 0. The third-order valence-electron chi connectivity index (χ3n) is 2.97. The molecule has 0 saturated heterocycles. The lowest BCUT2D eigenvalue weighted by Crippen LogP contribution is -1.95. The number of hydrogen-bond acceptors (Lipinski definition) is 2. The summed E-state index contributed by atoms with van der Waals surface area (Å²) in [6, 6.07) is 9.88. The van der Waals surface area contributed by atoms with Crippen LogP contribution >= 0.6 is 31.9 Å². The first-order valence-corrected chi connectivity index (χ1v) is 7.47. The van der Waals surface area contributed by atoms with Gasteiger partial charge in [-0.05, 0) is 41.5 Å². The summed E-state index contributed by atoms with van der Waals surface area (Å²) in [6.07, 6.45) is 0. The van der Waals surface area contributed by atoms with E-state index in [0.29, 0.717) is 11.1 Å². The zero-order chi connectivity index (χ0) is 14.3. The number of benzene rings is 2. The summed E-state index contributed by atoms with van der Waals surface area (Å²) in [5, 5.41) is 0. The molecule has 1 heterocycles. The molecule has 1 aromatic heterocycles. The second kappa shape index (κ2) is 5.18. The summed E-state index contributed by atoms with van der Waals surface area (Å²) in [6.45, 7) is 0. The van der Waals surface area contributed by atoms with Gasteiger partial charge in [0, 0.05) is 4.47 Å². The molecule has 102 valence electrons. The summed E-state index contributed by atoms with van der Waals surface area (Å²) < 4.78 is 19.2. The highest BCUT2D eigenvalue weighted by Gasteiger charge is 2.16. The predicted molar refractivity (Wildman–Crippen MR) is 81.7 cm³/mol. The third-order valence-corrected chi connectivity index (χ3v) is 4.71. The molecule has 1 atom stereocenters. The number of halogens is 3. The molecule has 3 nitrogen and oxygen atoms in total. The van der Waals surface area contributed by atoms with E-state index < -0.39 is 5.76 Å². The van der Waals surface area contributed by atoms with E-state index >= 15 is 0 Å². The van der Waals surface area contributed by atoms with Crippen LogP contribution in [0, 0.1) is 5.82 Å². The quantitative estimate of drug-likeness (QED) is 0.643. The molecular formula is C14H8Br2FNO2. The fourth-order valence-electron chi connectivity index (χ4n) is 2.01. The number of fused-ring (bicyclic) bond motifs is 1. The van der Waals surface area contributed by atoms with Gasteiger partial charge in [0.25, 0.3) is 0 Å². The number of aromatic amines is 1. The summed E-state index contributed by atoms with van der Waals surface area (Å²) in [5.41, 5.74) is 2.75. The first-order valence-electron chi connectivity index (χ1n) is 5.76. The highest BCUT2D eigenvalue weighted by Crippen LogP contribution is 2.36. The van der Waals surface area contributed by atoms with Crippen LogP contribution in [0.5, 0.6) is 0 Å². The molecule has 0 spiro atoms. The van der Waals surface area contributed by atoms with Crippen molar-refractivity contribution in [3.8, 4) is 0 Å². The fraction of sp³-hybridized carbons (Fsp3) is 0.0714. The molecule has 1 N–H and O–H groups in total. The average molecular weight is 401 g/mol. The molecule has 0 bridgehead atoms. The Kier molecular flexibility index (Phi) is 3.52. The number of nitrogens with one attached hydrogen (secondary N) is 1. The first-order chi connectivity index (χ1) is 9.54. The zero-order valence-electron chi connectivity index (χ0n) is 9.99. The molecule has 3 aromatic rings. The zero-order valence-corrected chi connectivity index (χ0v) is 13.2. The van der Waals surface area contributed by atoms with Gasteiger partial charge in [0.05, 0.1) is 10.3 Å². The summed E-state index contributed by atoms with van der Waals surface area (Å²) in [4.78, 5) is 13.5. The Labute approximate surface area is 130 Å². The van der Waals surface area contributed by atoms with Crippen molar-refractivity contribution in [1.29, 1.82) is 0 Å². The van der Waals surface area contributed by atoms with Gasteiger partial charge in [0.15, 0.2) is 5.58 Å². The molecule has 20 heavy (non-hydrogen) atoms. The van der Waals surface area contributed by atoms with Crippen molar-refractivity contribution in [2.24, 2.45) is 0 Å². The molecule has 3 rings (SSSR count). The van der Waals surface area contributed by atoms with Crippen LogP contribution in [0.25, 0.3) is 11.1 Å². The minimum Gasteiger partial charge on any atom is -0.408 e. The van der Waals surface area contributed by atoms with Crippen LogP contribution in [-0.4, -0.2) is 4.98 Å². The normalized spacial score (nSPS) is 12.8. The highest BCUT2D eigenvalue weighted by atomic mass is 79.9. The van der Waals surface area contributed by atoms with Gasteiger partial charge in [-0.15, -0.1) is 0 Å². The fourth-order valence-corrected chi connectivity index (χ4v) is 3.45. The third kappa shape index (κ3) is 2.45. The van der Waals surface area contributed by atoms with Crippen molar-refractivity contribution in [2.45, 2.75) is 4.83 Å². The maximum atomic E-state index is 13.4. The molecule has 0 amide bonds. The second-order valence-corrected chi connectivity index (χ2v) is 6.07. The van der Waals surface area contributed by atoms with Gasteiger partial charge in [0.2, 0.25) is 0 Å². The van der Waals surface area contributed by atoms with Gasteiger partial charge in [-0.2, -0.15) is 0 Å². The Bertz CT molecular complexity index is 841. The molecule has 0 saturated carbocycles. The molecule has 0 radical (unpaired) electrons. The van der Waals surface area contributed by atoms with E-state index in [2.05, 4.69) is 36.8 Å². The monoisotopic (exact) mass is 399 g/mol. The molecule has 0 aliphatic carbocycles. The average Bonchev–Trinajstić information content (AvgIpc) is 2.79. The van der Waals surface area contributed by atoms with E-state index in [0.717, 1.165) is 15.6 Å². The lowest BCUT2D eigenvalue weighted by molar-refractivity contribution is 0.555. The Balaban J connectivity index is 2.09. The Morgan fingerprint density at radius 2 is 2.00 bits per heavy atom. The van der Waals surface area contributed by atoms with Gasteiger partial charge in [-0.3, -0.25) is 4.98 Å². The summed E-state index contributed by atoms with van der Waals surface area (Å²) in [5.74, 6) is -0.794. The number of oxazole rings is 1. The molecule has 0 aliphatic heterocycles. The van der Waals surface area contributed by atoms with Gasteiger partial charge < -0.3 is 4.42 Å². The smallest absolute Gasteiger partial charge is 0.408 e. The van der Waals surface area contributed by atoms with E-state index in [9.17, 15) is 9.18 Å². The van der Waals surface area contributed by atoms with Crippen molar-refractivity contribution < 1.29 is 8.81 Å². The maximum absolute atomic E-state index is 13.4. The molecule has 2 aromatic carbocycles. The molecule has 0 fully saturated rings. The van der Waals surface area contributed by atoms with Crippen molar-refractivity contribution >= 4 is 43.0 Å². The van der Waals surface area contributed by atoms with Crippen molar-refractivity contribution in [3.63, 3.8) is 0 Å². The van der Waals surface area contributed by atoms with E-state index in [-0.39, 0.29) is 10.6 Å². The molecular weight excluding hydrogens is 393 g/mol. The van der Waals surface area contributed by atoms with Gasteiger partial charge in [-0.25, -0.2) is 9.18 Å². The minimum atomic E-state index is -0.491. The maximum Gasteiger partial charge on any atom is 0.417 e. The van der Waals surface area contributed by atoms with E-state index in [1.807, 2.05) is 6.07 Å². The van der Waals surface area contributed by atoms with Crippen LogP contribution in [0.4, 0.5) is 4.39 Å². The Morgan fingerprint density at radius 3 is 2.80 bits per heavy atom. The van der Waals surface area contributed by atoms with Crippen LogP contribution < -0.4 is 5.76 Å². The standard InChI is InChI=1S/C14H8Br2FNO2/c15-10-3-2-8(17)6-9(10)13(16)7-1-4-11-12(5-7)20-14(19)18-11/h1-6,13H,(H,18,19). The second-order valence-electron chi connectivity index (χ2n) is 4.30. The Hall–Kier alpha value is -1.40. The molecule has 1 unspecified atom stereocenters. The first kappa shape index (κ1) is 13.6. The van der Waals surface area contributed by atoms with E-state index in [1.54, 1.807) is 18.2 Å².